The summed E-state index contributed by atoms with van der Waals surface area (Å²) in [5.41, 5.74) is 1.41. The molecule has 0 amide bonds. The highest BCUT2D eigenvalue weighted by atomic mass is 19.4. The number of benzene rings is 1. The molecule has 3 aliphatic rings. The number of piperidine rings is 1. The van der Waals surface area contributed by atoms with Crippen molar-refractivity contribution in [2.75, 3.05) is 32.7 Å². The first-order valence-electron chi connectivity index (χ1n) is 9.84. The maximum Gasteiger partial charge on any atom is 0.416 e. The fourth-order valence-corrected chi connectivity index (χ4v) is 4.72. The number of nitrogens with zero attached hydrogens (tertiary/aromatic N) is 2. The molecule has 1 aliphatic carbocycles. The minimum Gasteiger partial charge on any atom is -0.363 e. The average Bonchev–Trinajstić information content (AvgIpc) is 3.40. The fourth-order valence-electron chi connectivity index (χ4n) is 4.72. The normalized spacial score (nSPS) is 24.8. The maximum absolute atomic E-state index is 12.8. The van der Waals surface area contributed by atoms with Crippen LogP contribution in [0.25, 0.3) is 5.70 Å². The van der Waals surface area contributed by atoms with E-state index < -0.39 is 11.7 Å². The number of hydrogen-bond donors (Lipinski definition) is 1. The molecule has 6 heteroatoms. The molecule has 27 heavy (non-hydrogen) atoms. The molecule has 2 aliphatic heterocycles. The van der Waals surface area contributed by atoms with Crippen molar-refractivity contribution in [3.8, 4) is 0 Å². The first kappa shape index (κ1) is 18.8. The van der Waals surface area contributed by atoms with Crippen LogP contribution < -0.4 is 5.32 Å². The summed E-state index contributed by atoms with van der Waals surface area (Å²) in [5, 5.41) is 3.45. The van der Waals surface area contributed by atoms with Gasteiger partial charge in [-0.25, -0.2) is 0 Å². The molecule has 148 valence electrons. The summed E-state index contributed by atoms with van der Waals surface area (Å²) in [6.45, 7) is 11.7. The summed E-state index contributed by atoms with van der Waals surface area (Å²) >= 11 is 0. The Morgan fingerprint density at radius 2 is 1.67 bits per heavy atom. The summed E-state index contributed by atoms with van der Waals surface area (Å²) in [5.74, 6) is 0. The van der Waals surface area contributed by atoms with E-state index in [1.807, 2.05) is 0 Å². The van der Waals surface area contributed by atoms with E-state index >= 15 is 0 Å². The first-order chi connectivity index (χ1) is 12.7. The van der Waals surface area contributed by atoms with Crippen molar-refractivity contribution in [1.82, 2.24) is 15.1 Å². The zero-order chi connectivity index (χ0) is 19.3. The van der Waals surface area contributed by atoms with Gasteiger partial charge in [0.25, 0.3) is 0 Å². The monoisotopic (exact) mass is 379 g/mol. The van der Waals surface area contributed by atoms with Crippen LogP contribution in [0.3, 0.4) is 0 Å². The highest BCUT2D eigenvalue weighted by Gasteiger charge is 2.54. The Bertz CT molecular complexity index is 700. The zero-order valence-electron chi connectivity index (χ0n) is 15.9. The van der Waals surface area contributed by atoms with Crippen LogP contribution in [-0.2, 0) is 6.18 Å². The summed E-state index contributed by atoms with van der Waals surface area (Å²) in [6, 6.07) is 5.43. The molecule has 0 radical (unpaired) electrons. The second-order valence-corrected chi connectivity index (χ2v) is 8.57. The molecular weight excluding hydrogens is 351 g/mol. The van der Waals surface area contributed by atoms with Crippen molar-refractivity contribution < 1.29 is 13.2 Å². The SMILES string of the molecule is C=C(c1ccc(C(F)(F)F)cc1)N1CCN(C2(C)CCNCC2)CC12CC2. The molecule has 3 fully saturated rings. The van der Waals surface area contributed by atoms with Gasteiger partial charge in [-0.3, -0.25) is 4.90 Å². The third-order valence-corrected chi connectivity index (χ3v) is 6.79. The van der Waals surface area contributed by atoms with Crippen molar-refractivity contribution in [1.29, 1.82) is 0 Å². The molecular formula is C21H28F3N3. The summed E-state index contributed by atoms with van der Waals surface area (Å²) in [4.78, 5) is 5.01. The van der Waals surface area contributed by atoms with E-state index in [2.05, 4.69) is 28.6 Å². The van der Waals surface area contributed by atoms with Crippen molar-refractivity contribution in [3.05, 3.63) is 42.0 Å². The molecule has 0 atom stereocenters. The largest absolute Gasteiger partial charge is 0.416 e. The van der Waals surface area contributed by atoms with E-state index in [0.29, 0.717) is 0 Å². The average molecular weight is 379 g/mol. The third-order valence-electron chi connectivity index (χ3n) is 6.79. The van der Waals surface area contributed by atoms with Crippen LogP contribution in [-0.4, -0.2) is 53.6 Å². The quantitative estimate of drug-likeness (QED) is 0.857. The third kappa shape index (κ3) is 3.49. The molecule has 1 aromatic carbocycles. The van der Waals surface area contributed by atoms with Crippen molar-refractivity contribution >= 4 is 5.70 Å². The van der Waals surface area contributed by atoms with Gasteiger partial charge in [0.05, 0.1) is 11.1 Å². The van der Waals surface area contributed by atoms with Gasteiger partial charge in [-0.1, -0.05) is 18.7 Å². The Morgan fingerprint density at radius 3 is 2.22 bits per heavy atom. The van der Waals surface area contributed by atoms with Crippen LogP contribution in [0, 0.1) is 0 Å². The zero-order valence-corrected chi connectivity index (χ0v) is 15.9. The molecule has 1 N–H and O–H groups in total. The molecule has 3 nitrogen and oxygen atoms in total. The lowest BCUT2D eigenvalue weighted by atomic mass is 9.87. The van der Waals surface area contributed by atoms with E-state index in [9.17, 15) is 13.2 Å². The van der Waals surface area contributed by atoms with Crippen LogP contribution in [0.4, 0.5) is 13.2 Å². The van der Waals surface area contributed by atoms with E-state index in [1.54, 1.807) is 12.1 Å². The van der Waals surface area contributed by atoms with Gasteiger partial charge in [0.2, 0.25) is 0 Å². The maximum atomic E-state index is 12.8. The van der Waals surface area contributed by atoms with Gasteiger partial charge in [0.15, 0.2) is 0 Å². The van der Waals surface area contributed by atoms with Crippen LogP contribution in [0.5, 0.6) is 0 Å². The van der Waals surface area contributed by atoms with Crippen molar-refractivity contribution in [3.63, 3.8) is 0 Å². The van der Waals surface area contributed by atoms with Crippen LogP contribution >= 0.6 is 0 Å². The molecule has 2 heterocycles. The highest BCUT2D eigenvalue weighted by Crippen LogP contribution is 2.49. The second-order valence-electron chi connectivity index (χ2n) is 8.57. The van der Waals surface area contributed by atoms with Gasteiger partial charge in [-0.2, -0.15) is 13.2 Å². The molecule has 0 unspecified atom stereocenters. The Morgan fingerprint density at radius 1 is 1.04 bits per heavy atom. The van der Waals surface area contributed by atoms with Crippen LogP contribution in [0.15, 0.2) is 30.8 Å². The summed E-state index contributed by atoms with van der Waals surface area (Å²) in [6.07, 6.45) is 0.314. The Hall–Kier alpha value is -1.53. The summed E-state index contributed by atoms with van der Waals surface area (Å²) < 4.78 is 38.5. The number of alkyl halides is 3. The van der Waals surface area contributed by atoms with Crippen molar-refractivity contribution in [2.24, 2.45) is 0 Å². The number of rotatable bonds is 3. The molecule has 1 spiro atoms. The number of hydrogen-bond acceptors (Lipinski definition) is 3. The lowest BCUT2D eigenvalue weighted by molar-refractivity contribution is -0.137. The minimum absolute atomic E-state index is 0.117. The Kier molecular flexibility index (Phi) is 4.54. The number of halogens is 3. The van der Waals surface area contributed by atoms with Gasteiger partial charge in [-0.05, 0) is 63.4 Å². The van der Waals surface area contributed by atoms with Gasteiger partial charge < -0.3 is 10.2 Å². The predicted molar refractivity (Wildman–Crippen MR) is 101 cm³/mol. The minimum atomic E-state index is -4.30. The molecule has 1 aromatic rings. The predicted octanol–water partition coefficient (Wildman–Crippen LogP) is 3.97. The van der Waals surface area contributed by atoms with E-state index in [0.717, 1.165) is 69.0 Å². The second kappa shape index (κ2) is 6.52. The molecule has 2 saturated heterocycles. The lowest BCUT2D eigenvalue weighted by Gasteiger charge is -2.52. The standard InChI is InChI=1S/C21H28F3N3/c1-16(17-3-5-18(6-4-17)21(22,23)24)27-14-13-26(15-20(27)7-8-20)19(2)9-11-25-12-10-19/h3-6,25H,1,7-15H2,2H3. The molecule has 0 aromatic heterocycles. The van der Waals surface area contributed by atoms with Crippen LogP contribution in [0.1, 0.15) is 43.7 Å². The van der Waals surface area contributed by atoms with Gasteiger partial charge in [0, 0.05) is 30.9 Å². The Balaban J connectivity index is 1.48. The smallest absolute Gasteiger partial charge is 0.363 e. The first-order valence-corrected chi connectivity index (χ1v) is 9.84. The Labute approximate surface area is 159 Å². The van der Waals surface area contributed by atoms with E-state index in [1.165, 1.54) is 12.8 Å². The fraction of sp³-hybridized carbons (Fsp3) is 0.619. The summed E-state index contributed by atoms with van der Waals surface area (Å²) in [7, 11) is 0. The van der Waals surface area contributed by atoms with E-state index in [-0.39, 0.29) is 11.1 Å². The number of piperazine rings is 1. The van der Waals surface area contributed by atoms with Gasteiger partial charge >= 0.3 is 6.18 Å². The van der Waals surface area contributed by atoms with Crippen molar-refractivity contribution in [2.45, 2.75) is 49.9 Å². The topological polar surface area (TPSA) is 18.5 Å². The van der Waals surface area contributed by atoms with E-state index in [4.69, 9.17) is 0 Å². The van der Waals surface area contributed by atoms with Crippen LogP contribution in [0.2, 0.25) is 0 Å². The lowest BCUT2D eigenvalue weighted by Crippen LogP contribution is -2.62. The molecule has 4 rings (SSSR count). The molecule has 1 saturated carbocycles. The highest BCUT2D eigenvalue weighted by molar-refractivity contribution is 5.63. The van der Waals surface area contributed by atoms with Gasteiger partial charge in [-0.15, -0.1) is 0 Å². The number of nitrogens with one attached hydrogen (secondary N) is 1. The van der Waals surface area contributed by atoms with Gasteiger partial charge in [0.1, 0.15) is 0 Å². The molecule has 0 bridgehead atoms.